The van der Waals surface area contributed by atoms with E-state index < -0.39 is 5.97 Å². The molecule has 0 aliphatic rings. The van der Waals surface area contributed by atoms with Crippen LogP contribution < -0.4 is 11.1 Å². The molecule has 6 heteroatoms. The molecule has 0 aliphatic heterocycles. The number of esters is 1. The lowest BCUT2D eigenvalue weighted by Gasteiger charge is -2.06. The zero-order valence-corrected chi connectivity index (χ0v) is 11.8. The maximum Gasteiger partial charge on any atom is 0.325 e. The molecule has 0 radical (unpaired) electrons. The van der Waals surface area contributed by atoms with Crippen LogP contribution in [0.25, 0.3) is 10.9 Å². The third-order valence-corrected chi connectivity index (χ3v) is 2.85. The van der Waals surface area contributed by atoms with E-state index in [1.54, 1.807) is 19.1 Å². The van der Waals surface area contributed by atoms with E-state index in [0.29, 0.717) is 18.0 Å². The van der Waals surface area contributed by atoms with Crippen LogP contribution in [0.3, 0.4) is 0 Å². The van der Waals surface area contributed by atoms with Gasteiger partial charge in [0, 0.05) is 11.1 Å². The van der Waals surface area contributed by atoms with Crippen molar-refractivity contribution in [2.24, 2.45) is 0 Å². The number of nitrogens with zero attached hydrogens (tertiary/aromatic N) is 1. The molecule has 0 fully saturated rings. The number of pyridine rings is 1. The first-order valence-electron chi connectivity index (χ1n) is 6.66. The minimum atomic E-state index is -0.451. The van der Waals surface area contributed by atoms with Crippen LogP contribution in [0.2, 0.25) is 0 Å². The summed E-state index contributed by atoms with van der Waals surface area (Å²) in [4.78, 5) is 27.3. The van der Waals surface area contributed by atoms with E-state index in [1.807, 2.05) is 18.2 Å². The minimum Gasteiger partial charge on any atom is -0.465 e. The zero-order chi connectivity index (χ0) is 15.2. The minimum absolute atomic E-state index is 0.111. The Balaban J connectivity index is 1.98. The molecule has 0 aliphatic carbocycles. The Morgan fingerprint density at radius 3 is 2.86 bits per heavy atom. The summed E-state index contributed by atoms with van der Waals surface area (Å²) in [6, 6.07) is 9.04. The van der Waals surface area contributed by atoms with Gasteiger partial charge in [-0.05, 0) is 31.2 Å². The second-order valence-corrected chi connectivity index (χ2v) is 4.51. The van der Waals surface area contributed by atoms with Crippen LogP contribution in [0.15, 0.2) is 30.3 Å². The SMILES string of the molecule is CCOC(=O)CNC(=O)Cc1ccc2cc(N)ccc2n1. The smallest absolute Gasteiger partial charge is 0.325 e. The second kappa shape index (κ2) is 6.69. The van der Waals surface area contributed by atoms with Crippen LogP contribution in [0.1, 0.15) is 12.6 Å². The van der Waals surface area contributed by atoms with E-state index in [1.165, 1.54) is 0 Å². The van der Waals surface area contributed by atoms with E-state index in [9.17, 15) is 9.59 Å². The van der Waals surface area contributed by atoms with Crippen molar-refractivity contribution in [1.82, 2.24) is 10.3 Å². The first-order chi connectivity index (χ1) is 10.1. The molecule has 1 aromatic carbocycles. The number of benzene rings is 1. The lowest BCUT2D eigenvalue weighted by molar-refractivity contribution is -0.143. The van der Waals surface area contributed by atoms with Crippen LogP contribution in [0, 0.1) is 0 Å². The highest BCUT2D eigenvalue weighted by molar-refractivity contribution is 5.85. The Hall–Kier alpha value is -2.63. The standard InChI is InChI=1S/C15H17N3O3/c1-2-21-15(20)9-17-14(19)8-12-5-3-10-7-11(16)4-6-13(10)18-12/h3-7H,2,8-9,16H2,1H3,(H,17,19). The van der Waals surface area contributed by atoms with Gasteiger partial charge in [0.25, 0.3) is 0 Å². The molecule has 3 N–H and O–H groups in total. The largest absolute Gasteiger partial charge is 0.465 e. The van der Waals surface area contributed by atoms with E-state index >= 15 is 0 Å². The summed E-state index contributed by atoms with van der Waals surface area (Å²) in [7, 11) is 0. The van der Waals surface area contributed by atoms with Gasteiger partial charge in [0.15, 0.2) is 0 Å². The number of carbonyl (C=O) groups excluding carboxylic acids is 2. The average Bonchev–Trinajstić information content (AvgIpc) is 2.46. The summed E-state index contributed by atoms with van der Waals surface area (Å²) < 4.78 is 4.73. The van der Waals surface area contributed by atoms with Crippen LogP contribution >= 0.6 is 0 Å². The lowest BCUT2D eigenvalue weighted by Crippen LogP contribution is -2.31. The summed E-state index contributed by atoms with van der Waals surface area (Å²) in [6.45, 7) is 1.88. The van der Waals surface area contributed by atoms with Crippen molar-refractivity contribution in [3.63, 3.8) is 0 Å². The van der Waals surface area contributed by atoms with Gasteiger partial charge in [0.05, 0.1) is 24.2 Å². The number of nitrogens with one attached hydrogen (secondary N) is 1. The number of carbonyl (C=O) groups is 2. The number of ether oxygens (including phenoxy) is 1. The Labute approximate surface area is 122 Å². The molecule has 0 saturated carbocycles. The quantitative estimate of drug-likeness (QED) is 0.633. The normalized spacial score (nSPS) is 10.3. The number of anilines is 1. The highest BCUT2D eigenvalue weighted by Gasteiger charge is 2.08. The van der Waals surface area contributed by atoms with Crippen molar-refractivity contribution in [1.29, 1.82) is 0 Å². The molecule has 0 spiro atoms. The van der Waals surface area contributed by atoms with E-state index in [-0.39, 0.29) is 18.9 Å². The van der Waals surface area contributed by atoms with Gasteiger partial charge >= 0.3 is 5.97 Å². The Bertz CT molecular complexity index is 670. The molecule has 2 aromatic rings. The van der Waals surface area contributed by atoms with Gasteiger partial charge in [-0.2, -0.15) is 0 Å². The van der Waals surface area contributed by atoms with E-state index in [2.05, 4.69) is 10.3 Å². The zero-order valence-electron chi connectivity index (χ0n) is 11.8. The van der Waals surface area contributed by atoms with Crippen LogP contribution in [-0.2, 0) is 20.7 Å². The molecule has 0 bridgehead atoms. The summed E-state index contributed by atoms with van der Waals surface area (Å²) in [6.07, 6.45) is 0.111. The predicted octanol–water partition coefficient (Wildman–Crippen LogP) is 1.04. The molecule has 21 heavy (non-hydrogen) atoms. The third-order valence-electron chi connectivity index (χ3n) is 2.85. The highest BCUT2D eigenvalue weighted by atomic mass is 16.5. The number of nitrogen functional groups attached to an aromatic ring is 1. The van der Waals surface area contributed by atoms with Gasteiger partial charge in [-0.1, -0.05) is 6.07 Å². The fourth-order valence-corrected chi connectivity index (χ4v) is 1.89. The molecular formula is C15H17N3O3. The average molecular weight is 287 g/mol. The van der Waals surface area contributed by atoms with Crippen molar-refractivity contribution >= 4 is 28.5 Å². The number of amides is 1. The summed E-state index contributed by atoms with van der Waals surface area (Å²) in [5.74, 6) is -0.724. The first-order valence-corrected chi connectivity index (χ1v) is 6.66. The van der Waals surface area contributed by atoms with Crippen LogP contribution in [0.5, 0.6) is 0 Å². The monoisotopic (exact) mass is 287 g/mol. The predicted molar refractivity (Wildman–Crippen MR) is 79.5 cm³/mol. The summed E-state index contributed by atoms with van der Waals surface area (Å²) >= 11 is 0. The molecule has 110 valence electrons. The van der Waals surface area contributed by atoms with Gasteiger partial charge in [-0.25, -0.2) is 0 Å². The fraction of sp³-hybridized carbons (Fsp3) is 0.267. The maximum atomic E-state index is 11.7. The van der Waals surface area contributed by atoms with Gasteiger partial charge in [-0.3, -0.25) is 14.6 Å². The number of hydrogen-bond donors (Lipinski definition) is 2. The van der Waals surface area contributed by atoms with Gasteiger partial charge in [0.1, 0.15) is 6.54 Å². The molecule has 1 amide bonds. The van der Waals surface area contributed by atoms with E-state index in [4.69, 9.17) is 10.5 Å². The van der Waals surface area contributed by atoms with Crippen molar-refractivity contribution in [3.8, 4) is 0 Å². The molecule has 0 unspecified atom stereocenters. The van der Waals surface area contributed by atoms with Crippen molar-refractivity contribution in [2.45, 2.75) is 13.3 Å². The molecule has 6 nitrogen and oxygen atoms in total. The number of hydrogen-bond acceptors (Lipinski definition) is 5. The Kier molecular flexibility index (Phi) is 4.71. The number of rotatable bonds is 5. The van der Waals surface area contributed by atoms with E-state index in [0.717, 1.165) is 10.9 Å². The van der Waals surface area contributed by atoms with Gasteiger partial charge in [-0.15, -0.1) is 0 Å². The topological polar surface area (TPSA) is 94.3 Å². The maximum absolute atomic E-state index is 11.7. The van der Waals surface area contributed by atoms with Crippen LogP contribution in [0.4, 0.5) is 5.69 Å². The highest BCUT2D eigenvalue weighted by Crippen LogP contribution is 2.16. The molecule has 0 atom stereocenters. The third kappa shape index (κ3) is 4.17. The number of nitrogens with two attached hydrogens (primary N) is 1. The van der Waals surface area contributed by atoms with Crippen molar-refractivity contribution in [2.75, 3.05) is 18.9 Å². The molecule has 1 aromatic heterocycles. The van der Waals surface area contributed by atoms with Gasteiger partial charge in [0.2, 0.25) is 5.91 Å². The summed E-state index contributed by atoms with van der Waals surface area (Å²) in [5.41, 5.74) is 7.78. The van der Waals surface area contributed by atoms with Crippen molar-refractivity contribution in [3.05, 3.63) is 36.0 Å². The Morgan fingerprint density at radius 2 is 2.10 bits per heavy atom. The fourth-order valence-electron chi connectivity index (χ4n) is 1.89. The molecule has 1 heterocycles. The lowest BCUT2D eigenvalue weighted by atomic mass is 10.1. The van der Waals surface area contributed by atoms with Gasteiger partial charge < -0.3 is 15.8 Å². The van der Waals surface area contributed by atoms with Crippen molar-refractivity contribution < 1.29 is 14.3 Å². The first kappa shape index (κ1) is 14.8. The molecule has 2 rings (SSSR count). The Morgan fingerprint density at radius 1 is 1.29 bits per heavy atom. The molecular weight excluding hydrogens is 270 g/mol. The number of aromatic nitrogens is 1. The summed E-state index contributed by atoms with van der Waals surface area (Å²) in [5, 5.41) is 3.42. The number of fused-ring (bicyclic) bond motifs is 1. The second-order valence-electron chi connectivity index (χ2n) is 4.51. The van der Waals surface area contributed by atoms with Crippen LogP contribution in [-0.4, -0.2) is 30.0 Å². The molecule has 0 saturated heterocycles.